The lowest BCUT2D eigenvalue weighted by Crippen LogP contribution is -2.30. The molecule has 0 aromatic heterocycles. The second kappa shape index (κ2) is 2.51. The molecular weight excluding hydrogens is 126 g/mol. The molecule has 0 N–H and O–H groups in total. The van der Waals surface area contributed by atoms with Crippen molar-refractivity contribution in [2.24, 2.45) is 5.92 Å². The summed E-state index contributed by atoms with van der Waals surface area (Å²) in [7, 11) is 0. The molecule has 2 atom stereocenters. The van der Waals surface area contributed by atoms with Gasteiger partial charge in [-0.15, -0.1) is 0 Å². The molecule has 0 aromatic carbocycles. The second-order valence-electron chi connectivity index (χ2n) is 3.49. The largest absolute Gasteiger partial charge is 0.363 e. The Labute approximate surface area is 62.2 Å². The summed E-state index contributed by atoms with van der Waals surface area (Å²) >= 11 is 0. The fourth-order valence-corrected chi connectivity index (χ4v) is 1.54. The van der Waals surface area contributed by atoms with Crippen molar-refractivity contribution in [3.05, 3.63) is 0 Å². The first-order chi connectivity index (χ1) is 4.86. The van der Waals surface area contributed by atoms with Crippen LogP contribution < -0.4 is 0 Å². The van der Waals surface area contributed by atoms with E-state index in [0.29, 0.717) is 6.23 Å². The predicted octanol–water partition coefficient (Wildman–Crippen LogP) is 1.07. The van der Waals surface area contributed by atoms with E-state index in [1.165, 1.54) is 25.9 Å². The molecule has 0 aromatic rings. The number of ether oxygens (including phenoxy) is 1. The van der Waals surface area contributed by atoms with E-state index < -0.39 is 0 Å². The molecule has 0 radical (unpaired) electrons. The minimum absolute atomic E-state index is 0.476. The quantitative estimate of drug-likeness (QED) is 0.506. The zero-order valence-electron chi connectivity index (χ0n) is 6.55. The molecule has 10 heavy (non-hydrogen) atoms. The Morgan fingerprint density at radius 1 is 1.40 bits per heavy atom. The first-order valence-electron chi connectivity index (χ1n) is 4.22. The van der Waals surface area contributed by atoms with Crippen LogP contribution in [0, 0.1) is 5.92 Å². The van der Waals surface area contributed by atoms with Gasteiger partial charge in [-0.25, -0.2) is 0 Å². The molecule has 0 saturated carbocycles. The Morgan fingerprint density at radius 3 is 2.80 bits per heavy atom. The van der Waals surface area contributed by atoms with Crippen molar-refractivity contribution >= 4 is 0 Å². The molecule has 2 nitrogen and oxygen atoms in total. The van der Waals surface area contributed by atoms with Gasteiger partial charge in [-0.2, -0.15) is 0 Å². The lowest BCUT2D eigenvalue weighted by atomic mass is 10.0. The normalized spacial score (nSPS) is 41.7. The standard InChI is InChI=1S/C8H15NO/c1-7-2-5-10-8(6-7)9-3-4-9/h7-8H,2-6H2,1H3/t7-,8-/m1/s1. The summed E-state index contributed by atoms with van der Waals surface area (Å²) in [6.45, 7) is 5.82. The Morgan fingerprint density at radius 2 is 2.20 bits per heavy atom. The topological polar surface area (TPSA) is 12.2 Å². The molecule has 2 fully saturated rings. The Hall–Kier alpha value is -0.0800. The van der Waals surface area contributed by atoms with Crippen molar-refractivity contribution in [1.29, 1.82) is 0 Å². The van der Waals surface area contributed by atoms with Gasteiger partial charge in [0.25, 0.3) is 0 Å². The van der Waals surface area contributed by atoms with Gasteiger partial charge in [-0.3, -0.25) is 4.90 Å². The van der Waals surface area contributed by atoms with Crippen LogP contribution in [0.4, 0.5) is 0 Å². The van der Waals surface area contributed by atoms with Crippen LogP contribution in [0.3, 0.4) is 0 Å². The van der Waals surface area contributed by atoms with E-state index in [-0.39, 0.29) is 0 Å². The van der Waals surface area contributed by atoms with Gasteiger partial charge in [0.05, 0.1) is 0 Å². The summed E-state index contributed by atoms with van der Waals surface area (Å²) in [5.74, 6) is 0.874. The Kier molecular flexibility index (Phi) is 1.66. The second-order valence-corrected chi connectivity index (χ2v) is 3.49. The lowest BCUT2D eigenvalue weighted by Gasteiger charge is -2.27. The molecule has 2 saturated heterocycles. The summed E-state index contributed by atoms with van der Waals surface area (Å²) in [4.78, 5) is 2.40. The highest BCUT2D eigenvalue weighted by Gasteiger charge is 2.31. The number of hydrogen-bond donors (Lipinski definition) is 0. The van der Waals surface area contributed by atoms with Gasteiger partial charge in [0.15, 0.2) is 0 Å². The molecule has 0 aliphatic carbocycles. The maximum Gasteiger partial charge on any atom is 0.110 e. The van der Waals surface area contributed by atoms with E-state index in [1.807, 2.05) is 0 Å². The van der Waals surface area contributed by atoms with Gasteiger partial charge in [0.1, 0.15) is 6.23 Å². The number of nitrogens with zero attached hydrogens (tertiary/aromatic N) is 1. The zero-order chi connectivity index (χ0) is 6.97. The first-order valence-corrected chi connectivity index (χ1v) is 4.22. The first kappa shape index (κ1) is 6.62. The summed E-state index contributed by atoms with van der Waals surface area (Å²) in [6, 6.07) is 0. The van der Waals surface area contributed by atoms with Crippen LogP contribution in [-0.2, 0) is 4.74 Å². The van der Waals surface area contributed by atoms with Crippen molar-refractivity contribution in [1.82, 2.24) is 4.90 Å². The van der Waals surface area contributed by atoms with Gasteiger partial charge in [0, 0.05) is 19.7 Å². The fraction of sp³-hybridized carbons (Fsp3) is 1.00. The minimum Gasteiger partial charge on any atom is -0.363 e. The molecular formula is C8H15NO. The van der Waals surface area contributed by atoms with Crippen LogP contribution in [0.2, 0.25) is 0 Å². The predicted molar refractivity (Wildman–Crippen MR) is 39.7 cm³/mol. The molecule has 2 heteroatoms. The van der Waals surface area contributed by atoms with Gasteiger partial charge < -0.3 is 4.74 Å². The maximum atomic E-state index is 5.60. The molecule has 0 bridgehead atoms. The third kappa shape index (κ3) is 1.32. The molecule has 2 aliphatic rings. The SMILES string of the molecule is C[C@@H]1CCO[C@@H](N2CC2)C1. The van der Waals surface area contributed by atoms with Crippen LogP contribution in [0.1, 0.15) is 19.8 Å². The van der Waals surface area contributed by atoms with Crippen LogP contribution in [0.5, 0.6) is 0 Å². The minimum atomic E-state index is 0.476. The van der Waals surface area contributed by atoms with Crippen LogP contribution in [-0.4, -0.2) is 30.8 Å². The Balaban J connectivity index is 1.84. The lowest BCUT2D eigenvalue weighted by molar-refractivity contribution is -0.0582. The van der Waals surface area contributed by atoms with Crippen LogP contribution in [0.15, 0.2) is 0 Å². The molecule has 2 rings (SSSR count). The summed E-state index contributed by atoms with van der Waals surface area (Å²) in [6.07, 6.45) is 2.98. The van der Waals surface area contributed by atoms with Gasteiger partial charge in [0.2, 0.25) is 0 Å². The smallest absolute Gasteiger partial charge is 0.110 e. The van der Waals surface area contributed by atoms with Crippen molar-refractivity contribution in [3.8, 4) is 0 Å². The maximum absolute atomic E-state index is 5.60. The zero-order valence-corrected chi connectivity index (χ0v) is 6.55. The van der Waals surface area contributed by atoms with E-state index in [9.17, 15) is 0 Å². The van der Waals surface area contributed by atoms with Crippen LogP contribution in [0.25, 0.3) is 0 Å². The average molecular weight is 141 g/mol. The van der Waals surface area contributed by atoms with E-state index in [4.69, 9.17) is 4.74 Å². The number of hydrogen-bond acceptors (Lipinski definition) is 2. The van der Waals surface area contributed by atoms with Crippen molar-refractivity contribution < 1.29 is 4.74 Å². The Bertz CT molecular complexity index is 122. The summed E-state index contributed by atoms with van der Waals surface area (Å²) in [5, 5.41) is 0. The highest BCUT2D eigenvalue weighted by Crippen LogP contribution is 2.25. The van der Waals surface area contributed by atoms with Gasteiger partial charge in [-0.1, -0.05) is 6.92 Å². The highest BCUT2D eigenvalue weighted by atomic mass is 16.5. The van der Waals surface area contributed by atoms with E-state index in [0.717, 1.165) is 12.5 Å². The van der Waals surface area contributed by atoms with E-state index in [1.54, 1.807) is 0 Å². The van der Waals surface area contributed by atoms with Gasteiger partial charge in [-0.05, 0) is 18.8 Å². The fourth-order valence-electron chi connectivity index (χ4n) is 1.54. The van der Waals surface area contributed by atoms with Crippen molar-refractivity contribution in [2.45, 2.75) is 26.0 Å². The van der Waals surface area contributed by atoms with E-state index in [2.05, 4.69) is 11.8 Å². The monoisotopic (exact) mass is 141 g/mol. The molecule has 0 unspecified atom stereocenters. The summed E-state index contributed by atoms with van der Waals surface area (Å²) in [5.41, 5.74) is 0. The number of rotatable bonds is 1. The van der Waals surface area contributed by atoms with Gasteiger partial charge >= 0.3 is 0 Å². The van der Waals surface area contributed by atoms with Crippen LogP contribution >= 0.6 is 0 Å². The third-order valence-corrected chi connectivity index (χ3v) is 2.41. The molecule has 0 amide bonds. The molecule has 2 heterocycles. The molecule has 0 spiro atoms. The average Bonchev–Trinajstić information content (AvgIpc) is 2.68. The summed E-state index contributed by atoms with van der Waals surface area (Å²) < 4.78 is 5.60. The van der Waals surface area contributed by atoms with E-state index >= 15 is 0 Å². The van der Waals surface area contributed by atoms with Crippen molar-refractivity contribution in [3.63, 3.8) is 0 Å². The highest BCUT2D eigenvalue weighted by molar-refractivity contribution is 4.79. The molecule has 58 valence electrons. The van der Waals surface area contributed by atoms with Crippen molar-refractivity contribution in [2.75, 3.05) is 19.7 Å². The third-order valence-electron chi connectivity index (χ3n) is 2.41. The molecule has 2 aliphatic heterocycles.